The third-order valence-corrected chi connectivity index (χ3v) is 8.17. The smallest absolute Gasteiger partial charge is 0.266 e. The van der Waals surface area contributed by atoms with Gasteiger partial charge in [0, 0.05) is 16.5 Å². The summed E-state index contributed by atoms with van der Waals surface area (Å²) in [6.07, 6.45) is 0. The van der Waals surface area contributed by atoms with Crippen LogP contribution in [0.25, 0.3) is 64.7 Å². The van der Waals surface area contributed by atoms with Gasteiger partial charge in [-0.25, -0.2) is 4.98 Å². The molecule has 0 bridgehead atoms. The maximum Gasteiger partial charge on any atom is 0.266 e. The largest absolute Gasteiger partial charge is 0.309 e. The first-order valence-electron chi connectivity index (χ1n) is 12.2. The van der Waals surface area contributed by atoms with Crippen molar-refractivity contribution in [3.63, 3.8) is 0 Å². The van der Waals surface area contributed by atoms with E-state index >= 15 is 0 Å². The second kappa shape index (κ2) is 7.63. The van der Waals surface area contributed by atoms with E-state index in [9.17, 15) is 4.79 Å². The van der Waals surface area contributed by atoms with E-state index in [-0.39, 0.29) is 5.56 Å². The highest BCUT2D eigenvalue weighted by atomic mass is 32.1. The molecular formula is C32H19N3OS. The summed E-state index contributed by atoms with van der Waals surface area (Å²) < 4.78 is 5.09. The average Bonchev–Trinajstić information content (AvgIpc) is 3.48. The van der Waals surface area contributed by atoms with Crippen molar-refractivity contribution >= 4 is 59.2 Å². The van der Waals surface area contributed by atoms with Gasteiger partial charge in [-0.2, -0.15) is 0 Å². The number of benzene rings is 5. The standard InChI is InChI=1S/C32H19N3OS/c36-31-24-11-4-6-12-26(24)33-32-35(31)29-17-15-22(19-30(29)37-32)34-27-13-7-5-10-23(27)25-18-21(14-16-28(25)34)20-8-2-1-3-9-20/h1-19H. The van der Waals surface area contributed by atoms with Crippen LogP contribution in [0.4, 0.5) is 0 Å². The molecule has 5 heteroatoms. The third kappa shape index (κ3) is 2.95. The first-order chi connectivity index (χ1) is 18.3. The van der Waals surface area contributed by atoms with Crippen molar-refractivity contribution in [2.24, 2.45) is 0 Å². The van der Waals surface area contributed by atoms with Gasteiger partial charge >= 0.3 is 0 Å². The highest BCUT2D eigenvalue weighted by molar-refractivity contribution is 7.23. The zero-order valence-electron chi connectivity index (χ0n) is 19.6. The molecule has 0 atom stereocenters. The Morgan fingerprint density at radius 3 is 2.22 bits per heavy atom. The lowest BCUT2D eigenvalue weighted by atomic mass is 10.0. The molecule has 0 N–H and O–H groups in total. The van der Waals surface area contributed by atoms with Crippen LogP contribution in [0.1, 0.15) is 0 Å². The molecule has 0 saturated heterocycles. The Balaban J connectivity index is 1.40. The van der Waals surface area contributed by atoms with E-state index in [1.807, 2.05) is 36.4 Å². The highest BCUT2D eigenvalue weighted by Gasteiger charge is 2.16. The summed E-state index contributed by atoms with van der Waals surface area (Å²) in [4.78, 5) is 18.8. The lowest BCUT2D eigenvalue weighted by molar-refractivity contribution is 1.15. The van der Waals surface area contributed by atoms with Crippen molar-refractivity contribution in [2.45, 2.75) is 0 Å². The molecule has 8 aromatic rings. The van der Waals surface area contributed by atoms with Crippen LogP contribution in [-0.4, -0.2) is 14.0 Å². The lowest BCUT2D eigenvalue weighted by Crippen LogP contribution is -2.13. The minimum atomic E-state index is -0.0232. The minimum absolute atomic E-state index is 0.0232. The maximum atomic E-state index is 13.3. The van der Waals surface area contributed by atoms with Crippen molar-refractivity contribution in [1.82, 2.24) is 14.0 Å². The molecule has 0 unspecified atom stereocenters. The maximum absolute atomic E-state index is 13.3. The second-order valence-electron chi connectivity index (χ2n) is 9.26. The first kappa shape index (κ1) is 20.5. The summed E-state index contributed by atoms with van der Waals surface area (Å²) >= 11 is 1.55. The van der Waals surface area contributed by atoms with Crippen LogP contribution in [0.15, 0.2) is 120 Å². The minimum Gasteiger partial charge on any atom is -0.309 e. The van der Waals surface area contributed by atoms with Gasteiger partial charge in [-0.3, -0.25) is 9.20 Å². The SMILES string of the molecule is O=c1c2ccccc2nc2sc3cc(-n4c5ccccc5c5cc(-c6ccccc6)ccc54)ccc3n12. The molecule has 3 aromatic heterocycles. The van der Waals surface area contributed by atoms with Crippen molar-refractivity contribution in [3.05, 3.63) is 126 Å². The summed E-state index contributed by atoms with van der Waals surface area (Å²) in [6.45, 7) is 0. The Morgan fingerprint density at radius 2 is 1.32 bits per heavy atom. The summed E-state index contributed by atoms with van der Waals surface area (Å²) in [7, 11) is 0. The van der Waals surface area contributed by atoms with E-state index in [0.29, 0.717) is 10.3 Å². The normalized spacial score (nSPS) is 11.9. The zero-order valence-corrected chi connectivity index (χ0v) is 20.4. The van der Waals surface area contributed by atoms with Crippen LogP contribution >= 0.6 is 11.3 Å². The Hall–Kier alpha value is -4.74. The van der Waals surface area contributed by atoms with Gasteiger partial charge in [0.25, 0.3) is 5.56 Å². The van der Waals surface area contributed by atoms with Crippen molar-refractivity contribution in [3.8, 4) is 16.8 Å². The van der Waals surface area contributed by atoms with E-state index in [1.165, 1.54) is 21.9 Å². The third-order valence-electron chi connectivity index (χ3n) is 7.17. The topological polar surface area (TPSA) is 39.3 Å². The van der Waals surface area contributed by atoms with E-state index in [1.54, 1.807) is 15.7 Å². The quantitative estimate of drug-likeness (QED) is 0.246. The van der Waals surface area contributed by atoms with Gasteiger partial charge in [0.05, 0.1) is 32.2 Å². The Morgan fingerprint density at radius 1 is 0.595 bits per heavy atom. The number of para-hydroxylation sites is 2. The molecule has 0 aliphatic rings. The fraction of sp³-hybridized carbons (Fsp3) is 0. The van der Waals surface area contributed by atoms with Gasteiger partial charge in [0.15, 0.2) is 4.96 Å². The summed E-state index contributed by atoms with van der Waals surface area (Å²) in [5.41, 5.74) is 7.38. The van der Waals surface area contributed by atoms with Crippen LogP contribution in [0.2, 0.25) is 0 Å². The second-order valence-corrected chi connectivity index (χ2v) is 10.3. The Bertz CT molecular complexity index is 2220. The Labute approximate surface area is 215 Å². The highest BCUT2D eigenvalue weighted by Crippen LogP contribution is 2.36. The van der Waals surface area contributed by atoms with E-state index in [2.05, 4.69) is 83.4 Å². The first-order valence-corrected chi connectivity index (χ1v) is 13.0. The number of thiazole rings is 1. The molecule has 0 spiro atoms. The number of aromatic nitrogens is 3. The number of fused-ring (bicyclic) bond motifs is 7. The lowest BCUT2D eigenvalue weighted by Gasteiger charge is -2.09. The fourth-order valence-corrected chi connectivity index (χ4v) is 6.52. The van der Waals surface area contributed by atoms with Gasteiger partial charge in [-0.15, -0.1) is 0 Å². The molecule has 4 nitrogen and oxygen atoms in total. The molecule has 0 radical (unpaired) electrons. The van der Waals surface area contributed by atoms with Gasteiger partial charge < -0.3 is 4.57 Å². The Kier molecular flexibility index (Phi) is 4.22. The number of rotatable bonds is 2. The molecule has 8 rings (SSSR count). The van der Waals surface area contributed by atoms with Gasteiger partial charge in [0.2, 0.25) is 0 Å². The van der Waals surface area contributed by atoms with E-state index in [0.717, 1.165) is 32.5 Å². The number of hydrogen-bond acceptors (Lipinski definition) is 3. The zero-order chi connectivity index (χ0) is 24.5. The van der Waals surface area contributed by atoms with Crippen molar-refractivity contribution in [2.75, 3.05) is 0 Å². The van der Waals surface area contributed by atoms with Gasteiger partial charge in [0.1, 0.15) is 0 Å². The van der Waals surface area contributed by atoms with Crippen LogP contribution < -0.4 is 5.56 Å². The molecule has 0 amide bonds. The molecule has 37 heavy (non-hydrogen) atoms. The molecular weight excluding hydrogens is 474 g/mol. The molecule has 0 aliphatic carbocycles. The summed E-state index contributed by atoms with van der Waals surface area (Å²) in [5, 5.41) is 3.08. The monoisotopic (exact) mass is 493 g/mol. The van der Waals surface area contributed by atoms with Crippen LogP contribution in [-0.2, 0) is 0 Å². The predicted molar refractivity (Wildman–Crippen MR) is 154 cm³/mol. The summed E-state index contributed by atoms with van der Waals surface area (Å²) in [5.74, 6) is 0. The molecule has 174 valence electrons. The van der Waals surface area contributed by atoms with E-state index < -0.39 is 0 Å². The molecule has 5 aromatic carbocycles. The van der Waals surface area contributed by atoms with Crippen LogP contribution in [0.3, 0.4) is 0 Å². The molecule has 3 heterocycles. The molecule has 0 saturated carbocycles. The number of hydrogen-bond donors (Lipinski definition) is 0. The average molecular weight is 494 g/mol. The van der Waals surface area contributed by atoms with Crippen LogP contribution in [0, 0.1) is 0 Å². The van der Waals surface area contributed by atoms with Crippen molar-refractivity contribution < 1.29 is 0 Å². The van der Waals surface area contributed by atoms with Gasteiger partial charge in [-0.05, 0) is 59.7 Å². The molecule has 0 fully saturated rings. The van der Waals surface area contributed by atoms with Gasteiger partial charge in [-0.1, -0.05) is 78.1 Å². The van der Waals surface area contributed by atoms with Crippen molar-refractivity contribution in [1.29, 1.82) is 0 Å². The van der Waals surface area contributed by atoms with Crippen LogP contribution in [0.5, 0.6) is 0 Å². The predicted octanol–water partition coefficient (Wildman–Crippen LogP) is 7.83. The molecule has 0 aliphatic heterocycles. The fourth-order valence-electron chi connectivity index (χ4n) is 5.46. The number of nitrogens with zero attached hydrogens (tertiary/aromatic N) is 3. The summed E-state index contributed by atoms with van der Waals surface area (Å²) in [6, 6.07) is 39.6. The van der Waals surface area contributed by atoms with E-state index in [4.69, 9.17) is 4.98 Å².